The van der Waals surface area contributed by atoms with Crippen LogP contribution in [0.4, 0.5) is 0 Å². The number of H-pyrrole nitrogens is 1. The van der Waals surface area contributed by atoms with E-state index >= 15 is 0 Å². The standard InChI is InChI=1S/C21H30N2O2.C19H31NO2/c1-2-3-4-5-6-7-8-9-13-16-20(24)19-17-22-23(21(19)25)18-14-11-10-12-15-18;1-3-4-5-6-7-8-9-10-11-12-18(20-22)17-14-13-16(2)15-19(17)21/h10-12,14-15,17,22H,2-9,13,16H2,1H3;13-15,21-22H,3-12H2,1-2H3. The van der Waals surface area contributed by atoms with E-state index in [1.165, 1.54) is 101 Å². The van der Waals surface area contributed by atoms with Crippen LogP contribution in [0.3, 0.4) is 0 Å². The van der Waals surface area contributed by atoms with Gasteiger partial charge < -0.3 is 10.3 Å². The summed E-state index contributed by atoms with van der Waals surface area (Å²) in [5.41, 5.74) is 2.99. The molecule has 0 radical (unpaired) electrons. The summed E-state index contributed by atoms with van der Waals surface area (Å²) in [4.78, 5) is 24.7. The van der Waals surface area contributed by atoms with E-state index in [-0.39, 0.29) is 22.7 Å². The number of rotatable bonds is 23. The number of aromatic amines is 1. The molecular weight excluding hydrogens is 586 g/mol. The number of aromatic nitrogens is 2. The predicted octanol–water partition coefficient (Wildman–Crippen LogP) is 11.1. The molecule has 0 aliphatic rings. The van der Waals surface area contributed by atoms with Crippen LogP contribution in [-0.4, -0.2) is 31.6 Å². The molecule has 1 heterocycles. The van der Waals surface area contributed by atoms with E-state index in [0.29, 0.717) is 24.1 Å². The molecule has 0 bridgehead atoms. The minimum atomic E-state index is -0.257. The molecule has 2 aromatic carbocycles. The minimum Gasteiger partial charge on any atom is -0.507 e. The molecule has 3 N–H and O–H groups in total. The van der Waals surface area contributed by atoms with E-state index in [1.807, 2.05) is 49.4 Å². The highest BCUT2D eigenvalue weighted by Crippen LogP contribution is 2.22. The molecule has 0 saturated carbocycles. The maximum absolute atomic E-state index is 12.4. The number of hydrogen-bond donors (Lipinski definition) is 3. The summed E-state index contributed by atoms with van der Waals surface area (Å²) in [6.45, 7) is 6.40. The highest BCUT2D eigenvalue weighted by Gasteiger charge is 2.15. The third-order valence-electron chi connectivity index (χ3n) is 8.70. The number of para-hydroxylation sites is 1. The van der Waals surface area contributed by atoms with E-state index in [2.05, 4.69) is 24.1 Å². The highest BCUT2D eigenvalue weighted by molar-refractivity contribution is 6.02. The lowest BCUT2D eigenvalue weighted by atomic mass is 10.0. The lowest BCUT2D eigenvalue weighted by Gasteiger charge is -2.08. The van der Waals surface area contributed by atoms with E-state index in [4.69, 9.17) is 0 Å². The van der Waals surface area contributed by atoms with E-state index in [1.54, 1.807) is 6.07 Å². The molecule has 0 amide bonds. The molecule has 47 heavy (non-hydrogen) atoms. The fourth-order valence-corrected chi connectivity index (χ4v) is 5.80. The molecular formula is C40H61N3O4. The number of phenolic OH excluding ortho intramolecular Hbond substituents is 1. The van der Waals surface area contributed by atoms with Crippen molar-refractivity contribution >= 4 is 11.5 Å². The summed E-state index contributed by atoms with van der Waals surface area (Å²) in [6.07, 6.45) is 25.1. The Bertz CT molecular complexity index is 1340. The number of oxime groups is 1. The zero-order chi connectivity index (χ0) is 34.1. The molecule has 260 valence electrons. The SMILES string of the molecule is CCCCCCCCCCCC(=NO)c1ccc(C)cc1O.CCCCCCCCCCCC(=O)c1c[nH]n(-c2ccccc2)c1=O. The van der Waals surface area contributed by atoms with Crippen LogP contribution >= 0.6 is 0 Å². The van der Waals surface area contributed by atoms with E-state index in [9.17, 15) is 19.9 Å². The molecule has 0 fully saturated rings. The number of Topliss-reactive ketones (excluding diaryl/α,β-unsaturated/α-hetero) is 1. The van der Waals surface area contributed by atoms with Gasteiger partial charge in [0.15, 0.2) is 5.78 Å². The fraction of sp³-hybridized carbons (Fsp3) is 0.575. The molecule has 0 aliphatic heterocycles. The Morgan fingerprint density at radius 3 is 1.72 bits per heavy atom. The Morgan fingerprint density at radius 2 is 1.21 bits per heavy atom. The van der Waals surface area contributed by atoms with Crippen LogP contribution in [0.25, 0.3) is 5.69 Å². The molecule has 0 unspecified atom stereocenters. The lowest BCUT2D eigenvalue weighted by molar-refractivity contribution is 0.0978. The normalized spacial score (nSPS) is 11.3. The highest BCUT2D eigenvalue weighted by atomic mass is 16.4. The first-order valence-electron chi connectivity index (χ1n) is 18.3. The number of carbonyl (C=O) groups excluding carboxylic acids is 1. The van der Waals surface area contributed by atoms with Crippen LogP contribution < -0.4 is 5.56 Å². The monoisotopic (exact) mass is 647 g/mol. The molecule has 7 heteroatoms. The third kappa shape index (κ3) is 15.7. The summed E-state index contributed by atoms with van der Waals surface area (Å²) in [6, 6.07) is 14.8. The van der Waals surface area contributed by atoms with Crippen molar-refractivity contribution in [1.82, 2.24) is 9.78 Å². The van der Waals surface area contributed by atoms with Gasteiger partial charge in [-0.1, -0.05) is 146 Å². The van der Waals surface area contributed by atoms with Crippen molar-refractivity contribution in [1.29, 1.82) is 0 Å². The first-order valence-corrected chi connectivity index (χ1v) is 18.3. The van der Waals surface area contributed by atoms with Gasteiger partial charge in [0.2, 0.25) is 0 Å². The van der Waals surface area contributed by atoms with Crippen LogP contribution in [0.2, 0.25) is 0 Å². The van der Waals surface area contributed by atoms with Crippen LogP contribution in [0, 0.1) is 6.92 Å². The second-order valence-corrected chi connectivity index (χ2v) is 12.8. The number of carbonyl (C=O) groups is 1. The average molecular weight is 648 g/mol. The van der Waals surface area contributed by atoms with Gasteiger partial charge in [0.1, 0.15) is 11.3 Å². The lowest BCUT2D eigenvalue weighted by Crippen LogP contribution is -2.20. The van der Waals surface area contributed by atoms with Gasteiger partial charge in [-0.05, 0) is 56.0 Å². The molecule has 1 aromatic heterocycles. The summed E-state index contributed by atoms with van der Waals surface area (Å²) < 4.78 is 1.42. The van der Waals surface area contributed by atoms with Crippen LogP contribution in [0.5, 0.6) is 5.75 Å². The Kier molecular flexibility index (Phi) is 20.7. The van der Waals surface area contributed by atoms with Crippen molar-refractivity contribution in [3.8, 4) is 11.4 Å². The maximum Gasteiger partial charge on any atom is 0.282 e. The van der Waals surface area contributed by atoms with Crippen LogP contribution in [0.1, 0.15) is 164 Å². The molecule has 3 rings (SSSR count). The second kappa shape index (κ2) is 24.5. The Morgan fingerprint density at radius 1 is 0.702 bits per heavy atom. The topological polar surface area (TPSA) is 108 Å². The zero-order valence-corrected chi connectivity index (χ0v) is 29.4. The number of phenols is 1. The maximum atomic E-state index is 12.4. The van der Waals surface area contributed by atoms with Crippen molar-refractivity contribution in [2.75, 3.05) is 0 Å². The predicted molar refractivity (Wildman–Crippen MR) is 196 cm³/mol. The molecule has 0 aliphatic carbocycles. The summed E-state index contributed by atoms with van der Waals surface area (Å²) in [7, 11) is 0. The number of ketones is 1. The van der Waals surface area contributed by atoms with Crippen molar-refractivity contribution in [3.05, 3.63) is 81.8 Å². The van der Waals surface area contributed by atoms with Gasteiger partial charge in [0.05, 0.1) is 11.4 Å². The van der Waals surface area contributed by atoms with Crippen LogP contribution in [-0.2, 0) is 0 Å². The molecule has 0 saturated heterocycles. The smallest absolute Gasteiger partial charge is 0.282 e. The van der Waals surface area contributed by atoms with Crippen molar-refractivity contribution in [3.63, 3.8) is 0 Å². The van der Waals surface area contributed by atoms with E-state index in [0.717, 1.165) is 36.9 Å². The zero-order valence-electron chi connectivity index (χ0n) is 29.4. The van der Waals surface area contributed by atoms with Gasteiger partial charge in [-0.2, -0.15) is 0 Å². The van der Waals surface area contributed by atoms with Crippen molar-refractivity contribution in [2.45, 2.75) is 149 Å². The molecule has 7 nitrogen and oxygen atoms in total. The van der Waals surface area contributed by atoms with Gasteiger partial charge in [-0.25, -0.2) is 4.68 Å². The summed E-state index contributed by atoms with van der Waals surface area (Å²) in [5.74, 6) is 0.141. The quantitative estimate of drug-likeness (QED) is 0.0313. The number of nitrogens with one attached hydrogen (secondary N) is 1. The second-order valence-electron chi connectivity index (χ2n) is 12.8. The first kappa shape index (κ1) is 39.6. The Balaban J connectivity index is 0.000000330. The van der Waals surface area contributed by atoms with Gasteiger partial charge in [0, 0.05) is 18.2 Å². The van der Waals surface area contributed by atoms with Crippen molar-refractivity contribution in [2.24, 2.45) is 5.16 Å². The number of unbranched alkanes of at least 4 members (excludes halogenated alkanes) is 16. The number of aromatic hydroxyl groups is 1. The number of aryl methyl sites for hydroxylation is 1. The number of nitrogens with zero attached hydrogens (tertiary/aromatic N) is 2. The minimum absolute atomic E-state index is 0.0566. The third-order valence-corrected chi connectivity index (χ3v) is 8.70. The van der Waals surface area contributed by atoms with Crippen LogP contribution in [0.15, 0.2) is 64.7 Å². The summed E-state index contributed by atoms with van der Waals surface area (Å²) >= 11 is 0. The number of benzene rings is 2. The van der Waals surface area contributed by atoms with Gasteiger partial charge in [-0.15, -0.1) is 0 Å². The van der Waals surface area contributed by atoms with Gasteiger partial charge >= 0.3 is 0 Å². The Hall–Kier alpha value is -3.61. The number of hydrogen-bond acceptors (Lipinski definition) is 5. The van der Waals surface area contributed by atoms with E-state index < -0.39 is 0 Å². The largest absolute Gasteiger partial charge is 0.507 e. The first-order chi connectivity index (χ1) is 22.9. The molecule has 0 atom stereocenters. The van der Waals surface area contributed by atoms with Gasteiger partial charge in [-0.3, -0.25) is 14.7 Å². The fourth-order valence-electron chi connectivity index (χ4n) is 5.80. The van der Waals surface area contributed by atoms with Crippen molar-refractivity contribution < 1.29 is 15.1 Å². The van der Waals surface area contributed by atoms with Gasteiger partial charge in [0.25, 0.3) is 5.56 Å². The average Bonchev–Trinajstić information content (AvgIpc) is 3.47. The summed E-state index contributed by atoms with van der Waals surface area (Å²) in [5, 5.41) is 25.4. The Labute approximate surface area is 283 Å². The molecule has 0 spiro atoms. The molecule has 3 aromatic rings.